The van der Waals surface area contributed by atoms with Crippen molar-refractivity contribution in [1.29, 1.82) is 0 Å². The molecule has 1 aliphatic heterocycles. The second kappa shape index (κ2) is 6.93. The van der Waals surface area contributed by atoms with Crippen molar-refractivity contribution in [1.82, 2.24) is 10.0 Å². The number of fused-ring (bicyclic) bond motifs is 1. The minimum atomic E-state index is -3.65. The maximum absolute atomic E-state index is 11.8. The Bertz CT molecular complexity index is 808. The molecule has 120 valence electrons. The van der Waals surface area contributed by atoms with Gasteiger partial charge in [-0.15, -0.1) is 6.42 Å². The maximum atomic E-state index is 11.8. The van der Waals surface area contributed by atoms with Crippen LogP contribution in [0.5, 0.6) is 0 Å². The van der Waals surface area contributed by atoms with Gasteiger partial charge in [0.15, 0.2) is 6.61 Å². The Hall–Kier alpha value is -2.86. The lowest BCUT2D eigenvalue weighted by atomic mass is 10.2. The van der Waals surface area contributed by atoms with E-state index in [1.165, 1.54) is 6.07 Å². The van der Waals surface area contributed by atoms with Crippen molar-refractivity contribution in [2.24, 2.45) is 4.99 Å². The zero-order valence-corrected chi connectivity index (χ0v) is 12.7. The molecule has 0 unspecified atom stereocenters. The van der Waals surface area contributed by atoms with Gasteiger partial charge in [-0.05, 0) is 12.1 Å². The van der Waals surface area contributed by atoms with Crippen molar-refractivity contribution in [3.63, 3.8) is 0 Å². The van der Waals surface area contributed by atoms with Crippen LogP contribution in [0.25, 0.3) is 0 Å². The number of hydrogen-bond donors (Lipinski definition) is 2. The molecule has 0 spiro atoms. The summed E-state index contributed by atoms with van der Waals surface area (Å²) >= 11 is 0. The minimum Gasteiger partial charge on any atom is -0.454 e. The Balaban J connectivity index is 1.96. The highest BCUT2D eigenvalue weighted by Gasteiger charge is 2.30. The number of nitrogens with zero attached hydrogens (tertiary/aromatic N) is 1. The molecular formula is C14H13N3O5S. The van der Waals surface area contributed by atoms with Gasteiger partial charge in [-0.3, -0.25) is 19.3 Å². The van der Waals surface area contributed by atoms with Gasteiger partial charge in [0.1, 0.15) is 12.4 Å². The van der Waals surface area contributed by atoms with Gasteiger partial charge in [0.2, 0.25) is 0 Å². The van der Waals surface area contributed by atoms with Crippen molar-refractivity contribution < 1.29 is 22.7 Å². The summed E-state index contributed by atoms with van der Waals surface area (Å²) in [6.45, 7) is -0.862. The first-order valence-electron chi connectivity index (χ1n) is 6.46. The average molecular weight is 335 g/mol. The van der Waals surface area contributed by atoms with Crippen molar-refractivity contribution in [3.8, 4) is 12.3 Å². The number of ether oxygens (including phenoxy) is 1. The standard InChI is InChI=1S/C14H13N3O5S/c1-2-7-15-12(18)9-22-13(19)8-16-14-10-5-3-4-6-11(10)23(20,21)17-14/h1,3-6H,7-9H2,(H,15,18)(H,16,17). The average Bonchev–Trinajstić information content (AvgIpc) is 2.80. The lowest BCUT2D eigenvalue weighted by Crippen LogP contribution is -2.29. The Morgan fingerprint density at radius 2 is 2.09 bits per heavy atom. The molecule has 0 aromatic heterocycles. The van der Waals surface area contributed by atoms with Gasteiger partial charge in [-0.2, -0.15) is 0 Å². The van der Waals surface area contributed by atoms with E-state index in [2.05, 4.69) is 21.0 Å². The third-order valence-corrected chi connectivity index (χ3v) is 4.18. The van der Waals surface area contributed by atoms with Crippen LogP contribution >= 0.6 is 0 Å². The van der Waals surface area contributed by atoms with E-state index in [-0.39, 0.29) is 17.3 Å². The lowest BCUT2D eigenvalue weighted by molar-refractivity contribution is -0.146. The predicted octanol–water partition coefficient (Wildman–Crippen LogP) is -0.982. The van der Waals surface area contributed by atoms with E-state index in [0.29, 0.717) is 5.56 Å². The van der Waals surface area contributed by atoms with Gasteiger partial charge in [-0.1, -0.05) is 18.1 Å². The van der Waals surface area contributed by atoms with Gasteiger partial charge >= 0.3 is 5.97 Å². The second-order valence-electron chi connectivity index (χ2n) is 4.41. The molecule has 1 amide bonds. The molecule has 0 atom stereocenters. The molecule has 0 radical (unpaired) electrons. The molecule has 23 heavy (non-hydrogen) atoms. The van der Waals surface area contributed by atoms with E-state index in [9.17, 15) is 18.0 Å². The summed E-state index contributed by atoms with van der Waals surface area (Å²) in [5, 5.41) is 2.33. The first kappa shape index (κ1) is 16.5. The summed E-state index contributed by atoms with van der Waals surface area (Å²) in [5.74, 6) is 0.972. The van der Waals surface area contributed by atoms with Crippen LogP contribution in [-0.4, -0.2) is 45.8 Å². The molecule has 9 heteroatoms. The first-order valence-corrected chi connectivity index (χ1v) is 7.95. The van der Waals surface area contributed by atoms with Crippen LogP contribution < -0.4 is 10.0 Å². The number of nitrogens with one attached hydrogen (secondary N) is 2. The highest BCUT2D eigenvalue weighted by atomic mass is 32.2. The molecule has 0 aliphatic carbocycles. The Morgan fingerprint density at radius 1 is 1.35 bits per heavy atom. The molecular weight excluding hydrogens is 322 g/mol. The fourth-order valence-electron chi connectivity index (χ4n) is 1.79. The SMILES string of the molecule is C#CCNC(=O)COC(=O)CN=C1NS(=O)(=O)c2ccccc21. The summed E-state index contributed by atoms with van der Waals surface area (Å²) in [7, 11) is -3.65. The number of sulfonamides is 1. The highest BCUT2D eigenvalue weighted by Crippen LogP contribution is 2.21. The van der Waals surface area contributed by atoms with E-state index in [1.54, 1.807) is 18.2 Å². The number of esters is 1. The van der Waals surface area contributed by atoms with Crippen LogP contribution in [-0.2, 0) is 24.3 Å². The van der Waals surface area contributed by atoms with Crippen LogP contribution in [0, 0.1) is 12.3 Å². The number of benzene rings is 1. The zero-order chi connectivity index (χ0) is 16.9. The zero-order valence-electron chi connectivity index (χ0n) is 11.9. The number of aliphatic imine (C=N–C) groups is 1. The number of amides is 1. The van der Waals surface area contributed by atoms with Crippen LogP contribution in [0.4, 0.5) is 0 Å². The van der Waals surface area contributed by atoms with Gasteiger partial charge in [0.05, 0.1) is 11.4 Å². The summed E-state index contributed by atoms with van der Waals surface area (Å²) in [6.07, 6.45) is 4.96. The molecule has 0 saturated heterocycles. The topological polar surface area (TPSA) is 114 Å². The van der Waals surface area contributed by atoms with Crippen LogP contribution in [0.3, 0.4) is 0 Å². The van der Waals surface area contributed by atoms with Gasteiger partial charge in [0.25, 0.3) is 15.9 Å². The Kier molecular flexibility index (Phi) is 4.98. The molecule has 1 aromatic rings. The normalized spacial score (nSPS) is 16.0. The fraction of sp³-hybridized carbons (Fsp3) is 0.214. The minimum absolute atomic E-state index is 0.0389. The van der Waals surface area contributed by atoms with E-state index in [0.717, 1.165) is 0 Å². The number of carbonyl (C=O) groups is 2. The molecule has 0 fully saturated rings. The predicted molar refractivity (Wildman–Crippen MR) is 81.0 cm³/mol. The molecule has 2 rings (SSSR count). The van der Waals surface area contributed by atoms with Crippen molar-refractivity contribution >= 4 is 27.7 Å². The Labute approximate surface area is 133 Å². The van der Waals surface area contributed by atoms with Gasteiger partial charge in [-0.25, -0.2) is 8.42 Å². The molecule has 2 N–H and O–H groups in total. The largest absolute Gasteiger partial charge is 0.454 e. The molecule has 1 aliphatic rings. The molecule has 8 nitrogen and oxygen atoms in total. The third-order valence-electron chi connectivity index (χ3n) is 2.78. The number of rotatable bonds is 5. The van der Waals surface area contributed by atoms with E-state index < -0.39 is 35.1 Å². The molecule has 1 heterocycles. The maximum Gasteiger partial charge on any atom is 0.328 e. The molecule has 0 bridgehead atoms. The number of carbonyl (C=O) groups excluding carboxylic acids is 2. The first-order chi connectivity index (χ1) is 10.9. The molecule has 0 saturated carbocycles. The number of hydrogen-bond acceptors (Lipinski definition) is 6. The number of amidine groups is 1. The highest BCUT2D eigenvalue weighted by molar-refractivity contribution is 7.90. The van der Waals surface area contributed by atoms with Crippen LogP contribution in [0.15, 0.2) is 34.2 Å². The fourth-order valence-corrected chi connectivity index (χ4v) is 3.04. The van der Waals surface area contributed by atoms with Crippen LogP contribution in [0.1, 0.15) is 5.56 Å². The summed E-state index contributed by atoms with van der Waals surface area (Å²) in [4.78, 5) is 26.7. The van der Waals surface area contributed by atoms with Gasteiger partial charge in [0, 0.05) is 5.56 Å². The van der Waals surface area contributed by atoms with Crippen molar-refractivity contribution in [3.05, 3.63) is 29.8 Å². The summed E-state index contributed by atoms with van der Waals surface area (Å²) < 4.78 is 30.6. The van der Waals surface area contributed by atoms with Gasteiger partial charge < -0.3 is 10.1 Å². The monoisotopic (exact) mass is 335 g/mol. The van der Waals surface area contributed by atoms with Crippen molar-refractivity contribution in [2.75, 3.05) is 19.7 Å². The van der Waals surface area contributed by atoms with E-state index >= 15 is 0 Å². The quantitative estimate of drug-likeness (QED) is 0.530. The molecule has 1 aromatic carbocycles. The second-order valence-corrected chi connectivity index (χ2v) is 6.06. The van der Waals surface area contributed by atoms with E-state index in [1.807, 2.05) is 0 Å². The summed E-state index contributed by atoms with van der Waals surface area (Å²) in [5.41, 5.74) is 0.382. The third kappa shape index (κ3) is 4.08. The van der Waals surface area contributed by atoms with E-state index in [4.69, 9.17) is 11.2 Å². The Morgan fingerprint density at radius 3 is 2.83 bits per heavy atom. The summed E-state index contributed by atoms with van der Waals surface area (Å²) in [6, 6.07) is 6.26. The van der Waals surface area contributed by atoms with Crippen molar-refractivity contribution in [2.45, 2.75) is 4.90 Å². The van der Waals surface area contributed by atoms with Crippen LogP contribution in [0.2, 0.25) is 0 Å². The smallest absolute Gasteiger partial charge is 0.328 e. The lowest BCUT2D eigenvalue weighted by Gasteiger charge is -2.03. The number of terminal acetylenes is 1.